The number of hydrogen-bond donors (Lipinski definition) is 0. The minimum absolute atomic E-state index is 0.144. The van der Waals surface area contributed by atoms with Crippen LogP contribution in [0.5, 0.6) is 0 Å². The van der Waals surface area contributed by atoms with Crippen molar-refractivity contribution in [3.8, 4) is 12.1 Å². The highest BCUT2D eigenvalue weighted by Crippen LogP contribution is 2.36. The summed E-state index contributed by atoms with van der Waals surface area (Å²) in [4.78, 5) is 0. The molecule has 0 radical (unpaired) electrons. The van der Waals surface area contributed by atoms with Crippen molar-refractivity contribution in [2.75, 3.05) is 12.5 Å². The van der Waals surface area contributed by atoms with Crippen molar-refractivity contribution in [2.45, 2.75) is 6.92 Å². The Balaban J connectivity index is 3.59. The van der Waals surface area contributed by atoms with Crippen LogP contribution in [0, 0.1) is 22.7 Å². The summed E-state index contributed by atoms with van der Waals surface area (Å²) >= 11 is 6.64. The van der Waals surface area contributed by atoms with Crippen molar-refractivity contribution in [2.24, 2.45) is 0 Å². The minimum Gasteiger partial charge on any atom is -0.192 e. The van der Waals surface area contributed by atoms with Gasteiger partial charge in [-0.1, -0.05) is 28.1 Å². The Kier molecular flexibility index (Phi) is 6.95. The molecule has 5 heteroatoms. The second-order valence-electron chi connectivity index (χ2n) is 3.80. The molecule has 0 aliphatic heterocycles. The van der Waals surface area contributed by atoms with Crippen LogP contribution in [0.15, 0.2) is 44.1 Å². The van der Waals surface area contributed by atoms with Crippen LogP contribution >= 0.6 is 39.5 Å². The van der Waals surface area contributed by atoms with Gasteiger partial charge in [0.2, 0.25) is 0 Å². The molecular formula is C15H13BrN2S2. The lowest BCUT2D eigenvalue weighted by atomic mass is 9.95. The lowest BCUT2D eigenvalue weighted by Gasteiger charge is -2.12. The van der Waals surface area contributed by atoms with Crippen LogP contribution in [-0.2, 0) is 0 Å². The number of nitrogens with zero attached hydrogens (tertiary/aromatic N) is 2. The van der Waals surface area contributed by atoms with E-state index < -0.39 is 0 Å². The summed E-state index contributed by atoms with van der Waals surface area (Å²) in [7, 11) is 0. The smallest absolute Gasteiger partial charge is 0.137 e. The Hall–Kier alpha value is -1.14. The van der Waals surface area contributed by atoms with E-state index in [2.05, 4.69) is 15.9 Å². The van der Waals surface area contributed by atoms with Crippen LogP contribution in [0.3, 0.4) is 0 Å². The maximum atomic E-state index is 9.21. The molecule has 0 bridgehead atoms. The lowest BCUT2D eigenvalue weighted by molar-refractivity contribution is 1.42. The third-order valence-electron chi connectivity index (χ3n) is 2.66. The molecule has 20 heavy (non-hydrogen) atoms. The third kappa shape index (κ3) is 3.93. The Labute approximate surface area is 136 Å². The van der Waals surface area contributed by atoms with Crippen LogP contribution in [0.4, 0.5) is 0 Å². The number of hydrogen-bond acceptors (Lipinski definition) is 4. The van der Waals surface area contributed by atoms with E-state index in [1.54, 1.807) is 23.5 Å². The molecule has 1 rings (SSSR count). The molecule has 0 unspecified atom stereocenters. The standard InChI is InChI=1S/C15H13BrN2S2/c1-10(15(19-2)20-3)14(12(8-17)9-18)11-4-6-13(16)7-5-11/h4-7H,1-3H3. The molecule has 0 N–H and O–H groups in total. The fourth-order valence-corrected chi connectivity index (χ4v) is 3.54. The van der Waals surface area contributed by atoms with Crippen LogP contribution in [0.1, 0.15) is 12.5 Å². The average Bonchev–Trinajstić information content (AvgIpc) is 2.47. The number of nitriles is 2. The normalized spacial score (nSPS) is 9.30. The second kappa shape index (κ2) is 8.21. The van der Waals surface area contributed by atoms with E-state index >= 15 is 0 Å². The zero-order valence-corrected chi connectivity index (χ0v) is 14.6. The second-order valence-corrected chi connectivity index (χ2v) is 6.61. The molecule has 1 aromatic carbocycles. The summed E-state index contributed by atoms with van der Waals surface area (Å²) in [6.07, 6.45) is 3.99. The highest BCUT2D eigenvalue weighted by Gasteiger charge is 2.14. The molecule has 0 aliphatic rings. The maximum Gasteiger partial charge on any atom is 0.137 e. The van der Waals surface area contributed by atoms with E-state index in [9.17, 15) is 10.5 Å². The van der Waals surface area contributed by atoms with Gasteiger partial charge in [-0.3, -0.25) is 0 Å². The van der Waals surface area contributed by atoms with Crippen molar-refractivity contribution in [1.29, 1.82) is 10.5 Å². The fourth-order valence-electron chi connectivity index (χ4n) is 1.79. The van der Waals surface area contributed by atoms with Gasteiger partial charge in [0.05, 0.1) is 0 Å². The fraction of sp³-hybridized carbons (Fsp3) is 0.200. The van der Waals surface area contributed by atoms with Gasteiger partial charge >= 0.3 is 0 Å². The quantitative estimate of drug-likeness (QED) is 0.543. The largest absolute Gasteiger partial charge is 0.192 e. The molecule has 0 saturated carbocycles. The highest BCUT2D eigenvalue weighted by molar-refractivity contribution is 9.10. The summed E-state index contributed by atoms with van der Waals surface area (Å²) in [5.74, 6) is 0. The number of benzene rings is 1. The van der Waals surface area contributed by atoms with Crippen LogP contribution < -0.4 is 0 Å². The summed E-state index contributed by atoms with van der Waals surface area (Å²) < 4.78 is 2.07. The first-order valence-electron chi connectivity index (χ1n) is 5.68. The zero-order valence-electron chi connectivity index (χ0n) is 11.4. The zero-order chi connectivity index (χ0) is 15.1. The maximum absolute atomic E-state index is 9.21. The molecule has 0 saturated heterocycles. The summed E-state index contributed by atoms with van der Waals surface area (Å²) in [6.45, 7) is 1.95. The highest BCUT2D eigenvalue weighted by atomic mass is 79.9. The summed E-state index contributed by atoms with van der Waals surface area (Å²) in [5.41, 5.74) is 2.70. The van der Waals surface area contributed by atoms with E-state index in [-0.39, 0.29) is 5.57 Å². The molecule has 0 fully saturated rings. The van der Waals surface area contributed by atoms with Crippen LogP contribution in [0.2, 0.25) is 0 Å². The van der Waals surface area contributed by atoms with E-state index in [0.29, 0.717) is 5.57 Å². The van der Waals surface area contributed by atoms with E-state index in [0.717, 1.165) is 19.8 Å². The van der Waals surface area contributed by atoms with Gasteiger partial charge in [-0.2, -0.15) is 10.5 Å². The van der Waals surface area contributed by atoms with Gasteiger partial charge in [0.15, 0.2) is 0 Å². The predicted molar refractivity (Wildman–Crippen MR) is 92.0 cm³/mol. The summed E-state index contributed by atoms with van der Waals surface area (Å²) in [5, 5.41) is 18.4. The Morgan fingerprint density at radius 1 is 1.05 bits per heavy atom. The average molecular weight is 365 g/mol. The van der Waals surface area contributed by atoms with Gasteiger partial charge in [0.25, 0.3) is 0 Å². The topological polar surface area (TPSA) is 47.6 Å². The van der Waals surface area contributed by atoms with Gasteiger partial charge in [-0.15, -0.1) is 23.5 Å². The third-order valence-corrected chi connectivity index (χ3v) is 5.54. The number of allylic oxidation sites excluding steroid dienone is 3. The first-order chi connectivity index (χ1) is 9.58. The lowest BCUT2D eigenvalue weighted by Crippen LogP contribution is -1.93. The minimum atomic E-state index is 0.144. The molecule has 0 aromatic heterocycles. The summed E-state index contributed by atoms with van der Waals surface area (Å²) in [6, 6.07) is 11.7. The molecule has 102 valence electrons. The molecule has 0 aliphatic carbocycles. The van der Waals surface area contributed by atoms with Crippen molar-refractivity contribution in [3.05, 3.63) is 49.7 Å². The Morgan fingerprint density at radius 2 is 1.55 bits per heavy atom. The number of halogens is 1. The van der Waals surface area contributed by atoms with Gasteiger partial charge < -0.3 is 0 Å². The Morgan fingerprint density at radius 3 is 1.95 bits per heavy atom. The van der Waals surface area contributed by atoms with E-state index in [4.69, 9.17) is 0 Å². The monoisotopic (exact) mass is 364 g/mol. The predicted octanol–water partition coefficient (Wildman–Crippen LogP) is 5.21. The molecule has 0 atom stereocenters. The molecular weight excluding hydrogens is 352 g/mol. The van der Waals surface area contributed by atoms with Crippen molar-refractivity contribution < 1.29 is 0 Å². The van der Waals surface area contributed by atoms with Gasteiger partial charge in [-0.25, -0.2) is 0 Å². The number of rotatable bonds is 4. The molecule has 0 spiro atoms. The van der Waals surface area contributed by atoms with E-state index in [1.165, 1.54) is 0 Å². The van der Waals surface area contributed by atoms with Crippen molar-refractivity contribution >= 4 is 45.0 Å². The van der Waals surface area contributed by atoms with Crippen molar-refractivity contribution in [3.63, 3.8) is 0 Å². The molecule has 2 nitrogen and oxygen atoms in total. The van der Waals surface area contributed by atoms with Crippen molar-refractivity contribution in [1.82, 2.24) is 0 Å². The van der Waals surface area contributed by atoms with Crippen LogP contribution in [-0.4, -0.2) is 12.5 Å². The van der Waals surface area contributed by atoms with Gasteiger partial charge in [0.1, 0.15) is 17.7 Å². The van der Waals surface area contributed by atoms with Gasteiger partial charge in [0, 0.05) is 14.3 Å². The molecule has 1 aromatic rings. The van der Waals surface area contributed by atoms with Gasteiger partial charge in [-0.05, 0) is 42.7 Å². The number of thioether (sulfide) groups is 2. The first kappa shape index (κ1) is 16.9. The first-order valence-corrected chi connectivity index (χ1v) is 8.92. The SMILES string of the molecule is CSC(SC)=C(C)C(=C(C#N)C#N)c1ccc(Br)cc1. The molecule has 0 amide bonds. The van der Waals surface area contributed by atoms with E-state index in [1.807, 2.05) is 55.8 Å². The van der Waals surface area contributed by atoms with Crippen LogP contribution in [0.25, 0.3) is 5.57 Å². The Bertz CT molecular complexity index is 609. The molecule has 0 heterocycles.